The van der Waals surface area contributed by atoms with Crippen LogP contribution >= 0.6 is 0 Å². The smallest absolute Gasteiger partial charge is 0.118 e. The van der Waals surface area contributed by atoms with Crippen LogP contribution in [0, 0.1) is 5.92 Å². The van der Waals surface area contributed by atoms with E-state index in [9.17, 15) is 5.11 Å². The van der Waals surface area contributed by atoms with Gasteiger partial charge in [0, 0.05) is 12.1 Å². The molecule has 0 spiro atoms. The topological polar surface area (TPSA) is 41.5 Å². The van der Waals surface area contributed by atoms with E-state index in [1.54, 1.807) is 7.11 Å². The van der Waals surface area contributed by atoms with E-state index < -0.39 is 6.10 Å². The van der Waals surface area contributed by atoms with Gasteiger partial charge in [-0.15, -0.1) is 0 Å². The largest absolute Gasteiger partial charge is 0.497 e. The zero-order chi connectivity index (χ0) is 14.5. The average molecular weight is 277 g/mol. The Kier molecular flexibility index (Phi) is 5.44. The molecule has 3 nitrogen and oxygen atoms in total. The second-order valence-corrected chi connectivity index (χ2v) is 6.04. The highest BCUT2D eigenvalue weighted by atomic mass is 16.5. The molecule has 4 unspecified atom stereocenters. The van der Waals surface area contributed by atoms with Crippen molar-refractivity contribution in [2.45, 2.75) is 57.7 Å². The van der Waals surface area contributed by atoms with Crippen molar-refractivity contribution in [1.29, 1.82) is 0 Å². The van der Waals surface area contributed by atoms with Crippen molar-refractivity contribution in [3.05, 3.63) is 29.8 Å². The first-order valence-electron chi connectivity index (χ1n) is 7.70. The Bertz CT molecular complexity index is 404. The third-order valence-corrected chi connectivity index (χ3v) is 4.52. The number of nitrogens with one attached hydrogen (secondary N) is 1. The molecule has 0 bridgehead atoms. The number of methoxy groups -OCH3 is 1. The minimum absolute atomic E-state index is 0.0638. The van der Waals surface area contributed by atoms with Crippen molar-refractivity contribution in [2.75, 3.05) is 7.11 Å². The summed E-state index contributed by atoms with van der Waals surface area (Å²) in [5.74, 6) is 1.52. The van der Waals surface area contributed by atoms with Crippen LogP contribution in [0.4, 0.5) is 0 Å². The molecule has 0 aliphatic heterocycles. The molecule has 4 atom stereocenters. The summed E-state index contributed by atoms with van der Waals surface area (Å²) in [4.78, 5) is 0. The Morgan fingerprint density at radius 1 is 1.20 bits per heavy atom. The maximum absolute atomic E-state index is 10.5. The molecule has 0 heterocycles. The standard InChI is InChI=1S/C17H27NO2/c1-12-6-4-5-7-16(12)18-13(2)17(19)14-8-10-15(20-3)11-9-14/h8-13,16-19H,4-7H2,1-3H3. The molecule has 112 valence electrons. The van der Waals surface area contributed by atoms with Gasteiger partial charge in [-0.1, -0.05) is 31.9 Å². The van der Waals surface area contributed by atoms with Crippen LogP contribution in [0.5, 0.6) is 5.75 Å². The Labute approximate surface area is 122 Å². The first kappa shape index (κ1) is 15.3. The summed E-state index contributed by atoms with van der Waals surface area (Å²) in [5, 5.41) is 14.1. The van der Waals surface area contributed by atoms with Crippen molar-refractivity contribution < 1.29 is 9.84 Å². The van der Waals surface area contributed by atoms with Gasteiger partial charge in [-0.3, -0.25) is 0 Å². The van der Waals surface area contributed by atoms with E-state index in [1.807, 2.05) is 24.3 Å². The monoisotopic (exact) mass is 277 g/mol. The maximum Gasteiger partial charge on any atom is 0.118 e. The lowest BCUT2D eigenvalue weighted by Crippen LogP contribution is -2.44. The molecule has 0 aromatic heterocycles. The summed E-state index contributed by atoms with van der Waals surface area (Å²) < 4.78 is 5.15. The van der Waals surface area contributed by atoms with Gasteiger partial charge < -0.3 is 15.2 Å². The van der Waals surface area contributed by atoms with Crippen LogP contribution in [0.2, 0.25) is 0 Å². The van der Waals surface area contributed by atoms with Crippen molar-refractivity contribution in [3.63, 3.8) is 0 Å². The van der Waals surface area contributed by atoms with Gasteiger partial charge in [-0.25, -0.2) is 0 Å². The molecule has 0 radical (unpaired) electrons. The fourth-order valence-corrected chi connectivity index (χ4v) is 3.08. The van der Waals surface area contributed by atoms with Gasteiger partial charge in [-0.2, -0.15) is 0 Å². The van der Waals surface area contributed by atoms with Crippen LogP contribution in [-0.4, -0.2) is 24.3 Å². The Hall–Kier alpha value is -1.06. The summed E-state index contributed by atoms with van der Waals surface area (Å²) in [6, 6.07) is 8.27. The molecule has 2 N–H and O–H groups in total. The SMILES string of the molecule is COc1ccc(C(O)C(C)NC2CCCCC2C)cc1. The molecule has 1 saturated carbocycles. The van der Waals surface area contributed by atoms with E-state index in [0.29, 0.717) is 12.0 Å². The van der Waals surface area contributed by atoms with Gasteiger partial charge in [0.25, 0.3) is 0 Å². The van der Waals surface area contributed by atoms with Gasteiger partial charge in [0.2, 0.25) is 0 Å². The van der Waals surface area contributed by atoms with Crippen molar-refractivity contribution in [2.24, 2.45) is 5.92 Å². The maximum atomic E-state index is 10.5. The zero-order valence-electron chi connectivity index (χ0n) is 12.8. The Morgan fingerprint density at radius 3 is 2.45 bits per heavy atom. The second kappa shape index (κ2) is 7.09. The molecule has 2 rings (SSSR count). The lowest BCUT2D eigenvalue weighted by atomic mass is 9.85. The fourth-order valence-electron chi connectivity index (χ4n) is 3.08. The molecule has 0 saturated heterocycles. The third kappa shape index (κ3) is 3.74. The molecule has 1 fully saturated rings. The van der Waals surface area contributed by atoms with Crippen LogP contribution in [0.15, 0.2) is 24.3 Å². The molecule has 1 aliphatic rings. The minimum Gasteiger partial charge on any atom is -0.497 e. The van der Waals surface area contributed by atoms with Crippen LogP contribution in [-0.2, 0) is 0 Å². The van der Waals surface area contributed by atoms with Crippen LogP contribution in [0.25, 0.3) is 0 Å². The highest BCUT2D eigenvalue weighted by molar-refractivity contribution is 5.29. The van der Waals surface area contributed by atoms with Crippen molar-refractivity contribution in [3.8, 4) is 5.75 Å². The van der Waals surface area contributed by atoms with Gasteiger partial charge >= 0.3 is 0 Å². The van der Waals surface area contributed by atoms with E-state index in [0.717, 1.165) is 11.3 Å². The summed E-state index contributed by atoms with van der Waals surface area (Å²) in [6.07, 6.45) is 4.68. The van der Waals surface area contributed by atoms with Crippen LogP contribution in [0.1, 0.15) is 51.2 Å². The van der Waals surface area contributed by atoms with Crippen LogP contribution < -0.4 is 10.1 Å². The number of hydrogen-bond donors (Lipinski definition) is 2. The summed E-state index contributed by atoms with van der Waals surface area (Å²) in [6.45, 7) is 4.37. The lowest BCUT2D eigenvalue weighted by molar-refractivity contribution is 0.117. The third-order valence-electron chi connectivity index (χ3n) is 4.52. The Balaban J connectivity index is 1.94. The predicted octanol–water partition coefficient (Wildman–Crippen LogP) is 3.29. The normalized spacial score (nSPS) is 26.0. The van der Waals surface area contributed by atoms with Gasteiger partial charge in [-0.05, 0) is 43.4 Å². The quantitative estimate of drug-likeness (QED) is 0.868. The van der Waals surface area contributed by atoms with Gasteiger partial charge in [0.05, 0.1) is 13.2 Å². The second-order valence-electron chi connectivity index (χ2n) is 6.04. The predicted molar refractivity (Wildman–Crippen MR) is 82.0 cm³/mol. The molecule has 1 aromatic rings. The first-order chi connectivity index (χ1) is 9.61. The van der Waals surface area contributed by atoms with Crippen LogP contribution in [0.3, 0.4) is 0 Å². The minimum atomic E-state index is -0.477. The summed E-state index contributed by atoms with van der Waals surface area (Å²) in [5.41, 5.74) is 0.939. The number of ether oxygens (including phenoxy) is 1. The molecular weight excluding hydrogens is 250 g/mol. The van der Waals surface area contributed by atoms with E-state index in [-0.39, 0.29) is 6.04 Å². The number of rotatable bonds is 5. The van der Waals surface area contributed by atoms with Crippen molar-refractivity contribution >= 4 is 0 Å². The first-order valence-corrected chi connectivity index (χ1v) is 7.70. The number of benzene rings is 1. The molecule has 0 amide bonds. The van der Waals surface area contributed by atoms with E-state index in [2.05, 4.69) is 19.2 Å². The summed E-state index contributed by atoms with van der Waals surface area (Å²) in [7, 11) is 1.65. The van der Waals surface area contributed by atoms with Crippen molar-refractivity contribution in [1.82, 2.24) is 5.32 Å². The molecular formula is C17H27NO2. The highest BCUT2D eigenvalue weighted by Crippen LogP contribution is 2.26. The number of hydrogen-bond acceptors (Lipinski definition) is 3. The van der Waals surface area contributed by atoms with Gasteiger partial charge in [0.15, 0.2) is 0 Å². The number of aliphatic hydroxyl groups is 1. The van der Waals surface area contributed by atoms with E-state index in [1.165, 1.54) is 25.7 Å². The van der Waals surface area contributed by atoms with E-state index in [4.69, 9.17) is 4.74 Å². The number of aliphatic hydroxyl groups excluding tert-OH is 1. The average Bonchev–Trinajstić information content (AvgIpc) is 2.49. The van der Waals surface area contributed by atoms with Gasteiger partial charge in [0.1, 0.15) is 5.75 Å². The summed E-state index contributed by atoms with van der Waals surface area (Å²) >= 11 is 0. The molecule has 1 aromatic carbocycles. The fraction of sp³-hybridized carbons (Fsp3) is 0.647. The zero-order valence-corrected chi connectivity index (χ0v) is 12.8. The van der Waals surface area contributed by atoms with E-state index >= 15 is 0 Å². The highest BCUT2D eigenvalue weighted by Gasteiger charge is 2.25. The molecule has 1 aliphatic carbocycles. The molecule has 20 heavy (non-hydrogen) atoms. The lowest BCUT2D eigenvalue weighted by Gasteiger charge is -2.33. The molecule has 3 heteroatoms. The Morgan fingerprint density at radius 2 is 1.85 bits per heavy atom.